The van der Waals surface area contributed by atoms with E-state index in [-0.39, 0.29) is 18.5 Å². The van der Waals surface area contributed by atoms with Crippen LogP contribution in [0.25, 0.3) is 0 Å². The second kappa shape index (κ2) is 61.9. The zero-order valence-corrected chi connectivity index (χ0v) is 48.7. The fourth-order valence-corrected chi connectivity index (χ4v) is 10.3. The highest BCUT2D eigenvalue weighted by atomic mass is 16.5. The van der Waals surface area contributed by atoms with Crippen LogP contribution in [0.4, 0.5) is 0 Å². The van der Waals surface area contributed by atoms with E-state index in [0.717, 1.165) is 51.4 Å². The van der Waals surface area contributed by atoms with Gasteiger partial charge in [-0.05, 0) is 57.8 Å². The van der Waals surface area contributed by atoms with Crippen molar-refractivity contribution in [2.24, 2.45) is 0 Å². The third-order valence-corrected chi connectivity index (χ3v) is 15.3. The lowest BCUT2D eigenvalue weighted by Gasteiger charge is -2.22. The van der Waals surface area contributed by atoms with Crippen LogP contribution < -0.4 is 5.32 Å². The Hall–Kier alpha value is -1.66. The normalized spacial score (nSPS) is 12.7. The van der Waals surface area contributed by atoms with Gasteiger partial charge in [0.15, 0.2) is 0 Å². The Labute approximate surface area is 450 Å². The van der Waals surface area contributed by atoms with Crippen LogP contribution in [0, 0.1) is 0 Å². The summed E-state index contributed by atoms with van der Waals surface area (Å²) in [7, 11) is 0. The van der Waals surface area contributed by atoms with Gasteiger partial charge in [0.1, 0.15) is 0 Å². The lowest BCUT2D eigenvalue weighted by Crippen LogP contribution is -2.45. The summed E-state index contributed by atoms with van der Waals surface area (Å²) < 4.78 is 5.50. The zero-order chi connectivity index (χ0) is 52.2. The van der Waals surface area contributed by atoms with Gasteiger partial charge in [0.2, 0.25) is 5.91 Å². The number of carbonyl (C=O) groups excluding carboxylic acids is 2. The number of rotatable bonds is 61. The molecular formula is C66H127NO5. The summed E-state index contributed by atoms with van der Waals surface area (Å²) in [4.78, 5) is 24.6. The van der Waals surface area contributed by atoms with E-state index in [0.29, 0.717) is 25.9 Å². The number of allylic oxidation sites excluding steroid dienone is 4. The fourth-order valence-electron chi connectivity index (χ4n) is 10.3. The minimum absolute atomic E-state index is 0.00254. The number of esters is 1. The van der Waals surface area contributed by atoms with Gasteiger partial charge in [-0.2, -0.15) is 0 Å². The molecule has 2 unspecified atom stereocenters. The molecule has 0 aliphatic rings. The zero-order valence-electron chi connectivity index (χ0n) is 48.7. The molecule has 0 aromatic carbocycles. The monoisotopic (exact) mass is 1010 g/mol. The summed E-state index contributed by atoms with van der Waals surface area (Å²) in [6.45, 7) is 4.95. The number of aliphatic hydroxyl groups is 2. The first-order valence-electron chi connectivity index (χ1n) is 32.6. The maximum absolute atomic E-state index is 12.5. The van der Waals surface area contributed by atoms with Gasteiger partial charge in [-0.1, -0.05) is 314 Å². The molecule has 0 heterocycles. The smallest absolute Gasteiger partial charge is 0.305 e. The van der Waals surface area contributed by atoms with Crippen LogP contribution in [0.3, 0.4) is 0 Å². The molecule has 6 nitrogen and oxygen atoms in total. The molecule has 6 heteroatoms. The van der Waals surface area contributed by atoms with E-state index >= 15 is 0 Å². The van der Waals surface area contributed by atoms with Crippen molar-refractivity contribution in [2.45, 2.75) is 373 Å². The van der Waals surface area contributed by atoms with Crippen molar-refractivity contribution in [1.82, 2.24) is 5.32 Å². The number of nitrogens with one attached hydrogen (secondary N) is 1. The maximum Gasteiger partial charge on any atom is 0.305 e. The minimum atomic E-state index is -0.669. The lowest BCUT2D eigenvalue weighted by atomic mass is 10.0. The summed E-state index contributed by atoms with van der Waals surface area (Å²) >= 11 is 0. The molecule has 0 saturated heterocycles. The standard InChI is InChI=1S/C66H127NO5/c1-3-5-7-9-11-13-15-17-19-21-23-26-30-34-38-42-46-50-54-58-64(69)63(62-68)67-65(70)59-55-51-47-43-39-35-31-27-25-29-33-37-41-45-49-53-57-61-72-66(71)60-56-52-48-44-40-36-32-28-24-22-20-18-16-14-12-10-8-6-4-2/h12,14,18,20,63-64,68-69H,3-11,13,15-17,19,21-62H2,1-2H3,(H,67,70)/b14-12-,20-18-. The van der Waals surface area contributed by atoms with E-state index in [4.69, 9.17) is 4.74 Å². The van der Waals surface area contributed by atoms with Gasteiger partial charge in [-0.3, -0.25) is 9.59 Å². The Kier molecular flexibility index (Phi) is 60.5. The molecule has 3 N–H and O–H groups in total. The van der Waals surface area contributed by atoms with Gasteiger partial charge in [-0.15, -0.1) is 0 Å². The predicted octanol–water partition coefficient (Wildman–Crippen LogP) is 20.6. The highest BCUT2D eigenvalue weighted by Gasteiger charge is 2.20. The van der Waals surface area contributed by atoms with Crippen molar-refractivity contribution < 1.29 is 24.5 Å². The summed E-state index contributed by atoms with van der Waals surface area (Å²) in [5.41, 5.74) is 0. The number of amides is 1. The summed E-state index contributed by atoms with van der Waals surface area (Å²) in [6.07, 6.45) is 76.1. The average Bonchev–Trinajstić information content (AvgIpc) is 3.38. The SMILES string of the molecule is CCCCC/C=C\C/C=C\CCCCCCCCCCCC(=O)OCCCCCCCCCCCCCCCCCCCC(=O)NC(CO)C(O)CCCCCCCCCCCCCCCCCCCCC. The van der Waals surface area contributed by atoms with Crippen molar-refractivity contribution in [3.05, 3.63) is 24.3 Å². The Morgan fingerprint density at radius 1 is 0.389 bits per heavy atom. The van der Waals surface area contributed by atoms with Crippen LogP contribution in [-0.4, -0.2) is 47.4 Å². The molecule has 0 aromatic rings. The number of unbranched alkanes of at least 4 members (excludes halogenated alkanes) is 46. The van der Waals surface area contributed by atoms with E-state index in [1.807, 2.05) is 0 Å². The molecule has 0 aliphatic carbocycles. The first-order chi connectivity index (χ1) is 35.5. The lowest BCUT2D eigenvalue weighted by molar-refractivity contribution is -0.143. The number of aliphatic hydroxyl groups excluding tert-OH is 2. The minimum Gasteiger partial charge on any atom is -0.466 e. The van der Waals surface area contributed by atoms with Crippen molar-refractivity contribution in [1.29, 1.82) is 0 Å². The summed E-state index contributed by atoms with van der Waals surface area (Å²) in [5.74, 6) is -0.0344. The Morgan fingerprint density at radius 2 is 0.694 bits per heavy atom. The highest BCUT2D eigenvalue weighted by molar-refractivity contribution is 5.76. The Morgan fingerprint density at radius 3 is 1.08 bits per heavy atom. The third kappa shape index (κ3) is 57.6. The van der Waals surface area contributed by atoms with Crippen LogP contribution in [0.5, 0.6) is 0 Å². The van der Waals surface area contributed by atoms with Crippen LogP contribution in [0.1, 0.15) is 361 Å². The molecular weight excluding hydrogens is 887 g/mol. The van der Waals surface area contributed by atoms with Crippen molar-refractivity contribution in [3.63, 3.8) is 0 Å². The van der Waals surface area contributed by atoms with Crippen LogP contribution >= 0.6 is 0 Å². The topological polar surface area (TPSA) is 95.9 Å². The molecule has 0 saturated carbocycles. The number of hydrogen-bond donors (Lipinski definition) is 3. The van der Waals surface area contributed by atoms with Crippen LogP contribution in [0.2, 0.25) is 0 Å². The van der Waals surface area contributed by atoms with Crippen molar-refractivity contribution in [2.75, 3.05) is 13.2 Å². The molecule has 1 amide bonds. The quantitative estimate of drug-likeness (QED) is 0.0320. The first kappa shape index (κ1) is 70.3. The second-order valence-electron chi connectivity index (χ2n) is 22.5. The largest absolute Gasteiger partial charge is 0.466 e. The molecule has 0 fully saturated rings. The van der Waals surface area contributed by atoms with E-state index in [1.165, 1.54) is 276 Å². The number of carbonyl (C=O) groups is 2. The van der Waals surface area contributed by atoms with Gasteiger partial charge < -0.3 is 20.3 Å². The predicted molar refractivity (Wildman–Crippen MR) is 315 cm³/mol. The Bertz CT molecular complexity index is 1120. The number of ether oxygens (including phenoxy) is 1. The molecule has 0 rings (SSSR count). The summed E-state index contributed by atoms with van der Waals surface area (Å²) in [5, 5.41) is 23.4. The van der Waals surface area contributed by atoms with E-state index in [9.17, 15) is 19.8 Å². The molecule has 426 valence electrons. The third-order valence-electron chi connectivity index (χ3n) is 15.3. The van der Waals surface area contributed by atoms with Gasteiger partial charge in [0.05, 0.1) is 25.4 Å². The van der Waals surface area contributed by atoms with E-state index in [2.05, 4.69) is 43.5 Å². The molecule has 0 aromatic heterocycles. The van der Waals surface area contributed by atoms with Crippen molar-refractivity contribution >= 4 is 11.9 Å². The van der Waals surface area contributed by atoms with Gasteiger partial charge in [0.25, 0.3) is 0 Å². The van der Waals surface area contributed by atoms with Gasteiger partial charge in [0, 0.05) is 12.8 Å². The first-order valence-corrected chi connectivity index (χ1v) is 32.6. The van der Waals surface area contributed by atoms with Gasteiger partial charge in [-0.25, -0.2) is 0 Å². The number of hydrogen-bond acceptors (Lipinski definition) is 5. The average molecular weight is 1010 g/mol. The van der Waals surface area contributed by atoms with E-state index in [1.54, 1.807) is 0 Å². The summed E-state index contributed by atoms with van der Waals surface area (Å²) in [6, 6.07) is -0.546. The molecule has 2 atom stereocenters. The maximum atomic E-state index is 12.5. The highest BCUT2D eigenvalue weighted by Crippen LogP contribution is 2.18. The second-order valence-corrected chi connectivity index (χ2v) is 22.5. The van der Waals surface area contributed by atoms with Crippen LogP contribution in [-0.2, 0) is 14.3 Å². The molecule has 0 radical (unpaired) electrons. The molecule has 72 heavy (non-hydrogen) atoms. The van der Waals surface area contributed by atoms with E-state index < -0.39 is 12.1 Å². The molecule has 0 aliphatic heterocycles. The van der Waals surface area contributed by atoms with Crippen molar-refractivity contribution in [3.8, 4) is 0 Å². The fraction of sp³-hybridized carbons (Fsp3) is 0.909. The molecule has 0 spiro atoms. The Balaban J connectivity index is 3.40. The molecule has 0 bridgehead atoms. The van der Waals surface area contributed by atoms with Crippen LogP contribution in [0.15, 0.2) is 24.3 Å². The van der Waals surface area contributed by atoms with Gasteiger partial charge >= 0.3 is 5.97 Å².